The molecule has 2 aliphatic rings. The SMILES string of the molecule is CN(C)N1C(=O)NCC12CCC(c1ccccc1)CC2. The Morgan fingerprint density at radius 2 is 1.85 bits per heavy atom. The topological polar surface area (TPSA) is 35.6 Å². The van der Waals surface area contributed by atoms with Crippen molar-refractivity contribution in [1.29, 1.82) is 0 Å². The summed E-state index contributed by atoms with van der Waals surface area (Å²) < 4.78 is 0. The molecule has 108 valence electrons. The molecule has 1 aliphatic heterocycles. The molecule has 4 heteroatoms. The second kappa shape index (κ2) is 5.09. The Hall–Kier alpha value is -1.55. The molecule has 20 heavy (non-hydrogen) atoms. The molecule has 1 saturated carbocycles. The summed E-state index contributed by atoms with van der Waals surface area (Å²) in [6, 6.07) is 10.8. The minimum Gasteiger partial charge on any atom is -0.334 e. The third-order valence-electron chi connectivity index (χ3n) is 4.80. The van der Waals surface area contributed by atoms with Gasteiger partial charge < -0.3 is 5.32 Å². The van der Waals surface area contributed by atoms with Gasteiger partial charge in [0.15, 0.2) is 0 Å². The van der Waals surface area contributed by atoms with Crippen LogP contribution in [0.4, 0.5) is 4.79 Å². The zero-order chi connectivity index (χ0) is 14.2. The second-order valence-electron chi connectivity index (χ2n) is 6.23. The maximum absolute atomic E-state index is 12.0. The van der Waals surface area contributed by atoms with Gasteiger partial charge >= 0.3 is 6.03 Å². The Morgan fingerprint density at radius 1 is 1.20 bits per heavy atom. The van der Waals surface area contributed by atoms with Crippen molar-refractivity contribution < 1.29 is 4.79 Å². The molecule has 1 N–H and O–H groups in total. The monoisotopic (exact) mass is 273 g/mol. The van der Waals surface area contributed by atoms with E-state index < -0.39 is 0 Å². The first-order valence-corrected chi connectivity index (χ1v) is 7.43. The zero-order valence-electron chi connectivity index (χ0n) is 12.3. The number of hydrazine groups is 1. The number of nitrogens with one attached hydrogen (secondary N) is 1. The van der Waals surface area contributed by atoms with E-state index in [0.717, 1.165) is 32.2 Å². The fourth-order valence-corrected chi connectivity index (χ4v) is 3.81. The summed E-state index contributed by atoms with van der Waals surface area (Å²) in [4.78, 5) is 12.0. The molecule has 4 nitrogen and oxygen atoms in total. The normalized spacial score (nSPS) is 30.1. The molecule has 1 saturated heterocycles. The van der Waals surface area contributed by atoms with E-state index in [9.17, 15) is 4.79 Å². The van der Waals surface area contributed by atoms with Crippen LogP contribution in [0.1, 0.15) is 37.2 Å². The van der Waals surface area contributed by atoms with Crippen molar-refractivity contribution in [3.05, 3.63) is 35.9 Å². The van der Waals surface area contributed by atoms with Crippen molar-refractivity contribution in [3.63, 3.8) is 0 Å². The largest absolute Gasteiger partial charge is 0.334 e. The van der Waals surface area contributed by atoms with Crippen molar-refractivity contribution in [2.75, 3.05) is 20.6 Å². The van der Waals surface area contributed by atoms with Gasteiger partial charge in [-0.3, -0.25) is 0 Å². The van der Waals surface area contributed by atoms with Crippen LogP contribution in [0.15, 0.2) is 30.3 Å². The first kappa shape index (κ1) is 13.4. The summed E-state index contributed by atoms with van der Waals surface area (Å²) in [6.07, 6.45) is 4.46. The van der Waals surface area contributed by atoms with E-state index in [-0.39, 0.29) is 11.6 Å². The van der Waals surface area contributed by atoms with Crippen molar-refractivity contribution in [2.45, 2.75) is 37.1 Å². The van der Waals surface area contributed by atoms with Crippen LogP contribution in [0.3, 0.4) is 0 Å². The first-order valence-electron chi connectivity index (χ1n) is 7.43. The van der Waals surface area contributed by atoms with Crippen LogP contribution in [0.2, 0.25) is 0 Å². The molecular weight excluding hydrogens is 250 g/mol. The van der Waals surface area contributed by atoms with Crippen LogP contribution < -0.4 is 5.32 Å². The van der Waals surface area contributed by atoms with Gasteiger partial charge in [0, 0.05) is 20.6 Å². The summed E-state index contributed by atoms with van der Waals surface area (Å²) in [5, 5.41) is 6.87. The molecule has 1 aromatic carbocycles. The predicted molar refractivity (Wildman–Crippen MR) is 79.3 cm³/mol. The van der Waals surface area contributed by atoms with E-state index in [4.69, 9.17) is 0 Å². The van der Waals surface area contributed by atoms with E-state index in [1.165, 1.54) is 5.56 Å². The van der Waals surface area contributed by atoms with E-state index >= 15 is 0 Å². The summed E-state index contributed by atoms with van der Waals surface area (Å²) in [7, 11) is 3.91. The molecule has 0 unspecified atom stereocenters. The summed E-state index contributed by atoms with van der Waals surface area (Å²) in [6.45, 7) is 0.783. The van der Waals surface area contributed by atoms with Gasteiger partial charge in [-0.05, 0) is 37.2 Å². The highest BCUT2D eigenvalue weighted by Gasteiger charge is 2.48. The lowest BCUT2D eigenvalue weighted by atomic mass is 9.74. The van der Waals surface area contributed by atoms with E-state index in [1.54, 1.807) is 0 Å². The van der Waals surface area contributed by atoms with Gasteiger partial charge in [0.1, 0.15) is 0 Å². The Morgan fingerprint density at radius 3 is 2.45 bits per heavy atom. The molecule has 1 aliphatic carbocycles. The molecule has 0 bridgehead atoms. The minimum absolute atomic E-state index is 0.00807. The fourth-order valence-electron chi connectivity index (χ4n) is 3.81. The molecule has 1 spiro atoms. The van der Waals surface area contributed by atoms with Crippen LogP contribution in [0.5, 0.6) is 0 Å². The standard InChI is InChI=1S/C16H23N3O/c1-18(2)19-15(20)17-12-16(19)10-8-14(9-11-16)13-6-4-3-5-7-13/h3-7,14H,8-12H2,1-2H3,(H,17,20). The van der Waals surface area contributed by atoms with Crippen LogP contribution in [-0.4, -0.2) is 42.2 Å². The highest BCUT2D eigenvalue weighted by atomic mass is 16.2. The lowest BCUT2D eigenvalue weighted by molar-refractivity contribution is -0.0263. The highest BCUT2D eigenvalue weighted by Crippen LogP contribution is 2.42. The third kappa shape index (κ3) is 2.18. The van der Waals surface area contributed by atoms with Crippen molar-refractivity contribution in [1.82, 2.24) is 15.3 Å². The van der Waals surface area contributed by atoms with Gasteiger partial charge in [0.05, 0.1) is 5.54 Å². The Bertz CT molecular complexity index is 478. The average Bonchev–Trinajstić information content (AvgIpc) is 2.77. The van der Waals surface area contributed by atoms with Crippen LogP contribution >= 0.6 is 0 Å². The Labute approximate surface area is 120 Å². The number of benzene rings is 1. The van der Waals surface area contributed by atoms with Crippen molar-refractivity contribution in [3.8, 4) is 0 Å². The van der Waals surface area contributed by atoms with E-state index in [2.05, 4.69) is 35.6 Å². The molecule has 0 radical (unpaired) electrons. The number of carbonyl (C=O) groups excluding carboxylic acids is 1. The molecule has 3 rings (SSSR count). The predicted octanol–water partition coefficient (Wildman–Crippen LogP) is 2.58. The lowest BCUT2D eigenvalue weighted by Crippen LogP contribution is -2.55. The van der Waals surface area contributed by atoms with Gasteiger partial charge in [-0.15, -0.1) is 0 Å². The molecule has 0 aromatic heterocycles. The summed E-state index contributed by atoms with van der Waals surface area (Å²) in [5.41, 5.74) is 1.43. The average molecular weight is 273 g/mol. The van der Waals surface area contributed by atoms with E-state index in [1.807, 2.05) is 24.1 Å². The van der Waals surface area contributed by atoms with Gasteiger partial charge in [0.2, 0.25) is 0 Å². The summed E-state index contributed by atoms with van der Waals surface area (Å²) in [5.74, 6) is 0.640. The smallest absolute Gasteiger partial charge is 0.332 e. The van der Waals surface area contributed by atoms with Gasteiger partial charge in [-0.2, -0.15) is 0 Å². The van der Waals surface area contributed by atoms with E-state index in [0.29, 0.717) is 5.92 Å². The molecule has 1 aromatic rings. The second-order valence-corrected chi connectivity index (χ2v) is 6.23. The fraction of sp³-hybridized carbons (Fsp3) is 0.562. The van der Waals surface area contributed by atoms with Crippen LogP contribution in [-0.2, 0) is 0 Å². The number of rotatable bonds is 2. The number of carbonyl (C=O) groups is 1. The minimum atomic E-state index is -0.00807. The zero-order valence-corrected chi connectivity index (χ0v) is 12.3. The van der Waals surface area contributed by atoms with Gasteiger partial charge in [-0.1, -0.05) is 30.3 Å². The van der Waals surface area contributed by atoms with Gasteiger partial charge in [-0.25, -0.2) is 14.8 Å². The number of nitrogens with zero attached hydrogens (tertiary/aromatic N) is 2. The number of hydrogen-bond acceptors (Lipinski definition) is 2. The number of urea groups is 1. The highest BCUT2D eigenvalue weighted by molar-refractivity contribution is 5.77. The lowest BCUT2D eigenvalue weighted by Gasteiger charge is -2.44. The number of hydrogen-bond donors (Lipinski definition) is 1. The quantitative estimate of drug-likeness (QED) is 0.899. The molecule has 1 heterocycles. The third-order valence-corrected chi connectivity index (χ3v) is 4.80. The summed E-state index contributed by atoms with van der Waals surface area (Å²) >= 11 is 0. The van der Waals surface area contributed by atoms with Crippen LogP contribution in [0.25, 0.3) is 0 Å². The molecule has 2 amide bonds. The molecule has 0 atom stereocenters. The molecular formula is C16H23N3O. The van der Waals surface area contributed by atoms with Crippen LogP contribution in [0, 0.1) is 0 Å². The van der Waals surface area contributed by atoms with Crippen molar-refractivity contribution >= 4 is 6.03 Å². The maximum Gasteiger partial charge on any atom is 0.332 e. The maximum atomic E-state index is 12.0. The molecule has 2 fully saturated rings. The van der Waals surface area contributed by atoms with Crippen molar-refractivity contribution in [2.24, 2.45) is 0 Å². The Balaban J connectivity index is 1.73. The number of amides is 2. The van der Waals surface area contributed by atoms with Gasteiger partial charge in [0.25, 0.3) is 0 Å². The first-order chi connectivity index (χ1) is 9.62. The Kier molecular flexibility index (Phi) is 3.42.